The molecule has 10 heteroatoms. The molecule has 2 aliphatic rings. The molecule has 0 saturated carbocycles. The van der Waals surface area contributed by atoms with E-state index in [-0.39, 0.29) is 5.69 Å². The zero-order chi connectivity index (χ0) is 28.9. The number of nitro groups is 1. The van der Waals surface area contributed by atoms with Crippen molar-refractivity contribution in [3.05, 3.63) is 46.8 Å². The van der Waals surface area contributed by atoms with Crippen molar-refractivity contribution < 1.29 is 4.92 Å². The Labute approximate surface area is 240 Å². The monoisotopic (exact) mass is 554 g/mol. The van der Waals surface area contributed by atoms with Crippen LogP contribution in [0.25, 0.3) is 0 Å². The zero-order valence-corrected chi connectivity index (χ0v) is 25.0. The second-order valence-corrected chi connectivity index (χ2v) is 10.9. The van der Waals surface area contributed by atoms with Gasteiger partial charge in [-0.1, -0.05) is 27.7 Å². The summed E-state index contributed by atoms with van der Waals surface area (Å²) in [6, 6.07) is 7.25. The van der Waals surface area contributed by atoms with Gasteiger partial charge in [0.2, 0.25) is 0 Å². The van der Waals surface area contributed by atoms with Crippen molar-refractivity contribution in [1.82, 2.24) is 19.8 Å². The molecule has 2 aliphatic heterocycles. The number of aromatic nitrogens is 2. The number of rotatable bonds is 11. The van der Waals surface area contributed by atoms with E-state index >= 15 is 0 Å². The second kappa shape index (κ2) is 16.3. The molecular weight excluding hydrogens is 504 g/mol. The molecule has 0 bridgehead atoms. The van der Waals surface area contributed by atoms with Crippen LogP contribution in [0, 0.1) is 22.0 Å². The summed E-state index contributed by atoms with van der Waals surface area (Å²) < 4.78 is 0. The number of hydrogen-bond donors (Lipinski definition) is 1. The van der Waals surface area contributed by atoms with E-state index in [0.717, 1.165) is 94.4 Å². The summed E-state index contributed by atoms with van der Waals surface area (Å²) in [6.07, 6.45) is 7.95. The molecule has 0 spiro atoms. The van der Waals surface area contributed by atoms with Crippen molar-refractivity contribution in [2.24, 2.45) is 11.8 Å². The average Bonchev–Trinajstić information content (AvgIpc) is 3.00. The van der Waals surface area contributed by atoms with Crippen LogP contribution in [0.5, 0.6) is 0 Å². The zero-order valence-electron chi connectivity index (χ0n) is 25.0. The average molecular weight is 555 g/mol. The highest BCUT2D eigenvalue weighted by Crippen LogP contribution is 2.24. The molecule has 4 rings (SSSR count). The normalized spacial score (nSPS) is 16.8. The van der Waals surface area contributed by atoms with Gasteiger partial charge in [-0.05, 0) is 81.9 Å². The fraction of sp³-hybridized carbons (Fsp3) is 0.667. The van der Waals surface area contributed by atoms with Crippen LogP contribution in [0.2, 0.25) is 0 Å². The Hall–Kier alpha value is -2.98. The van der Waals surface area contributed by atoms with Gasteiger partial charge >= 0.3 is 0 Å². The molecule has 2 aromatic rings. The van der Waals surface area contributed by atoms with Crippen LogP contribution < -0.4 is 15.5 Å². The number of nitrogens with zero attached hydrogens (tertiary/aromatic N) is 7. The van der Waals surface area contributed by atoms with Gasteiger partial charge in [0.25, 0.3) is 5.69 Å². The Kier molecular flexibility index (Phi) is 12.9. The molecule has 222 valence electrons. The molecule has 2 N–H and O–H groups in total. The summed E-state index contributed by atoms with van der Waals surface area (Å²) in [5.41, 5.74) is 6.46. The SMILES string of the molecule is CCN(CC)CC1CCN(c2ccc(N)cn2)CC1.CCN(CC)CC1CCN(c2ccc([N+](=O)[O-])cn2)CC1. The Morgan fingerprint density at radius 2 is 1.20 bits per heavy atom. The number of nitrogen functional groups attached to an aromatic ring is 1. The molecule has 2 fully saturated rings. The molecular formula is C30H50N8O2. The van der Waals surface area contributed by atoms with Gasteiger partial charge in [-0.25, -0.2) is 9.97 Å². The van der Waals surface area contributed by atoms with Gasteiger partial charge in [0.1, 0.15) is 17.8 Å². The first kappa shape index (κ1) is 31.5. The minimum absolute atomic E-state index is 0.0511. The van der Waals surface area contributed by atoms with E-state index < -0.39 is 4.92 Å². The van der Waals surface area contributed by atoms with Crippen LogP contribution >= 0.6 is 0 Å². The highest BCUT2D eigenvalue weighted by Gasteiger charge is 2.23. The van der Waals surface area contributed by atoms with E-state index in [9.17, 15) is 10.1 Å². The van der Waals surface area contributed by atoms with Gasteiger partial charge in [-0.2, -0.15) is 0 Å². The molecule has 0 atom stereocenters. The first-order chi connectivity index (χ1) is 19.4. The predicted molar refractivity (Wildman–Crippen MR) is 165 cm³/mol. The lowest BCUT2D eigenvalue weighted by atomic mass is 9.96. The molecule has 2 saturated heterocycles. The van der Waals surface area contributed by atoms with Crippen molar-refractivity contribution in [3.63, 3.8) is 0 Å². The molecule has 0 unspecified atom stereocenters. The van der Waals surface area contributed by atoms with Gasteiger partial charge in [0.05, 0.1) is 16.8 Å². The Morgan fingerprint density at radius 1 is 0.775 bits per heavy atom. The summed E-state index contributed by atoms with van der Waals surface area (Å²) in [5.74, 6) is 3.50. The maximum Gasteiger partial charge on any atom is 0.287 e. The van der Waals surface area contributed by atoms with Gasteiger partial charge in [-0.3, -0.25) is 10.1 Å². The lowest BCUT2D eigenvalue weighted by Gasteiger charge is -2.35. The van der Waals surface area contributed by atoms with Gasteiger partial charge in [-0.15, -0.1) is 0 Å². The Bertz CT molecular complexity index is 980. The van der Waals surface area contributed by atoms with Crippen LogP contribution in [-0.2, 0) is 0 Å². The first-order valence-corrected chi connectivity index (χ1v) is 15.1. The van der Waals surface area contributed by atoms with E-state index in [1.54, 1.807) is 12.3 Å². The third-order valence-corrected chi connectivity index (χ3v) is 8.41. The maximum atomic E-state index is 10.6. The predicted octanol–water partition coefficient (Wildman–Crippen LogP) is 4.77. The molecule has 40 heavy (non-hydrogen) atoms. The highest BCUT2D eigenvalue weighted by molar-refractivity contribution is 5.46. The van der Waals surface area contributed by atoms with E-state index in [4.69, 9.17) is 5.73 Å². The summed E-state index contributed by atoms with van der Waals surface area (Å²) in [4.78, 5) is 28.5. The number of hydrogen-bond acceptors (Lipinski definition) is 9. The van der Waals surface area contributed by atoms with E-state index in [1.807, 2.05) is 12.1 Å². The van der Waals surface area contributed by atoms with Crippen molar-refractivity contribution in [1.29, 1.82) is 0 Å². The van der Waals surface area contributed by atoms with E-state index in [0.29, 0.717) is 0 Å². The van der Waals surface area contributed by atoms with Crippen molar-refractivity contribution >= 4 is 23.0 Å². The number of nitrogens with two attached hydrogens (primary N) is 1. The van der Waals surface area contributed by atoms with Crippen molar-refractivity contribution in [2.75, 3.05) is 81.0 Å². The third-order valence-electron chi connectivity index (χ3n) is 8.41. The largest absolute Gasteiger partial charge is 0.397 e. The van der Waals surface area contributed by atoms with Crippen molar-refractivity contribution in [2.45, 2.75) is 53.4 Å². The maximum absolute atomic E-state index is 10.6. The summed E-state index contributed by atoms with van der Waals surface area (Å²) in [7, 11) is 0. The van der Waals surface area contributed by atoms with Crippen LogP contribution in [-0.4, -0.2) is 90.1 Å². The Balaban J connectivity index is 0.000000222. The molecule has 0 aliphatic carbocycles. The van der Waals surface area contributed by atoms with Crippen molar-refractivity contribution in [3.8, 4) is 0 Å². The number of piperidine rings is 2. The van der Waals surface area contributed by atoms with Crippen LogP contribution in [0.15, 0.2) is 36.7 Å². The van der Waals surface area contributed by atoms with E-state index in [1.165, 1.54) is 38.2 Å². The lowest BCUT2D eigenvalue weighted by molar-refractivity contribution is -0.385. The number of anilines is 3. The minimum atomic E-state index is -0.410. The highest BCUT2D eigenvalue weighted by atomic mass is 16.6. The standard InChI is InChI=1S/C15H24N4O2.C15H26N4/c1-3-17(4-2)12-13-7-9-18(10-8-13)15-6-5-14(11-16-15)19(20)21;1-3-18(4-2)12-13-7-9-19(10-8-13)15-6-5-14(16)11-17-15/h5-6,11,13H,3-4,7-10,12H2,1-2H3;5-6,11,13H,3-4,7-10,12,16H2,1-2H3. The van der Waals surface area contributed by atoms with Gasteiger partial charge in [0.15, 0.2) is 0 Å². The second-order valence-electron chi connectivity index (χ2n) is 10.9. The number of pyridine rings is 2. The van der Waals surface area contributed by atoms with E-state index in [2.05, 4.69) is 57.3 Å². The van der Waals surface area contributed by atoms with Crippen LogP contribution in [0.3, 0.4) is 0 Å². The van der Waals surface area contributed by atoms with Crippen LogP contribution in [0.1, 0.15) is 53.4 Å². The summed E-state index contributed by atoms with van der Waals surface area (Å²) in [6.45, 7) is 20.1. The Morgan fingerprint density at radius 3 is 1.52 bits per heavy atom. The molecule has 0 aromatic carbocycles. The molecule has 2 aromatic heterocycles. The first-order valence-electron chi connectivity index (χ1n) is 15.1. The summed E-state index contributed by atoms with van der Waals surface area (Å²) >= 11 is 0. The van der Waals surface area contributed by atoms with Gasteiger partial charge < -0.3 is 25.3 Å². The topological polar surface area (TPSA) is 108 Å². The lowest BCUT2D eigenvalue weighted by Crippen LogP contribution is -2.39. The van der Waals surface area contributed by atoms with Gasteiger partial charge in [0, 0.05) is 45.3 Å². The summed E-state index contributed by atoms with van der Waals surface area (Å²) in [5, 5.41) is 10.6. The third kappa shape index (κ3) is 9.59. The smallest absolute Gasteiger partial charge is 0.287 e. The fourth-order valence-corrected chi connectivity index (χ4v) is 5.64. The van der Waals surface area contributed by atoms with Crippen LogP contribution in [0.4, 0.5) is 23.0 Å². The molecule has 0 radical (unpaired) electrons. The minimum Gasteiger partial charge on any atom is -0.397 e. The quantitative estimate of drug-likeness (QED) is 0.310. The fourth-order valence-electron chi connectivity index (χ4n) is 5.64. The molecule has 4 heterocycles. The molecule has 10 nitrogen and oxygen atoms in total. The molecule has 0 amide bonds.